The fraction of sp³-hybridized carbons (Fsp3) is 0.714. The highest BCUT2D eigenvalue weighted by atomic mass is 16.8. The topological polar surface area (TPSA) is 36.9 Å². The van der Waals surface area contributed by atoms with Crippen molar-refractivity contribution in [2.75, 3.05) is 13.2 Å². The van der Waals surface area contributed by atoms with Gasteiger partial charge in [0.15, 0.2) is 11.9 Å². The van der Waals surface area contributed by atoms with Crippen LogP contribution in [-0.2, 0) is 18.9 Å². The molecule has 0 aromatic heterocycles. The average Bonchev–Trinajstić information content (AvgIpc) is 2.75. The van der Waals surface area contributed by atoms with Crippen molar-refractivity contribution >= 4 is 0 Å². The molecule has 4 heteroatoms. The van der Waals surface area contributed by atoms with Gasteiger partial charge < -0.3 is 18.9 Å². The number of hydrogen-bond acceptors (Lipinski definition) is 4. The molecular weight excluding hydrogens is 232 g/mol. The van der Waals surface area contributed by atoms with Gasteiger partial charge >= 0.3 is 0 Å². The van der Waals surface area contributed by atoms with Crippen LogP contribution in [0, 0.1) is 0 Å². The number of hydrogen-bond donors (Lipinski definition) is 0. The molecule has 2 aliphatic rings. The Kier molecular flexibility index (Phi) is 4.10. The van der Waals surface area contributed by atoms with Crippen molar-refractivity contribution in [2.24, 2.45) is 0 Å². The van der Waals surface area contributed by atoms with Crippen LogP contribution in [0.3, 0.4) is 0 Å². The van der Waals surface area contributed by atoms with Crippen molar-refractivity contribution in [3.63, 3.8) is 0 Å². The molecule has 0 aliphatic carbocycles. The second kappa shape index (κ2) is 5.43. The summed E-state index contributed by atoms with van der Waals surface area (Å²) in [5.74, 6) is 0.185. The van der Waals surface area contributed by atoms with Crippen molar-refractivity contribution < 1.29 is 18.9 Å². The van der Waals surface area contributed by atoms with E-state index in [1.807, 2.05) is 13.8 Å². The normalized spacial score (nSPS) is 29.3. The minimum atomic E-state index is -0.599. The van der Waals surface area contributed by atoms with Crippen LogP contribution in [0.25, 0.3) is 0 Å². The minimum Gasteiger partial charge on any atom is -0.463 e. The summed E-state index contributed by atoms with van der Waals surface area (Å²) in [5.41, 5.74) is 0.946. The van der Waals surface area contributed by atoms with Crippen LogP contribution in [0.15, 0.2) is 24.0 Å². The van der Waals surface area contributed by atoms with Crippen molar-refractivity contribution in [1.82, 2.24) is 0 Å². The lowest BCUT2D eigenvalue weighted by Crippen LogP contribution is -2.23. The first-order valence-electron chi connectivity index (χ1n) is 6.53. The molecule has 102 valence electrons. The zero-order valence-electron chi connectivity index (χ0n) is 11.4. The van der Waals surface area contributed by atoms with Crippen LogP contribution in [0.1, 0.15) is 33.6 Å². The van der Waals surface area contributed by atoms with Crippen LogP contribution in [0.5, 0.6) is 0 Å². The molecule has 1 unspecified atom stereocenters. The summed E-state index contributed by atoms with van der Waals surface area (Å²) in [6, 6.07) is 0. The molecule has 0 saturated carbocycles. The molecule has 0 aromatic carbocycles. The summed E-state index contributed by atoms with van der Waals surface area (Å²) in [7, 11) is 0. The Morgan fingerprint density at radius 2 is 2.17 bits per heavy atom. The first-order valence-corrected chi connectivity index (χ1v) is 6.53. The molecule has 2 rings (SSSR count). The molecule has 0 radical (unpaired) electrons. The highest BCUT2D eigenvalue weighted by molar-refractivity contribution is 5.31. The second-order valence-electron chi connectivity index (χ2n) is 5.03. The molecule has 0 aromatic rings. The van der Waals surface area contributed by atoms with Gasteiger partial charge in [-0.3, -0.25) is 0 Å². The molecule has 0 N–H and O–H groups in total. The fourth-order valence-corrected chi connectivity index (χ4v) is 2.15. The van der Waals surface area contributed by atoms with E-state index in [1.54, 1.807) is 6.08 Å². The van der Waals surface area contributed by atoms with Crippen molar-refractivity contribution in [3.05, 3.63) is 24.0 Å². The van der Waals surface area contributed by atoms with E-state index in [9.17, 15) is 0 Å². The number of ether oxygens (including phenoxy) is 4. The van der Waals surface area contributed by atoms with Crippen LogP contribution in [0.2, 0.25) is 0 Å². The zero-order valence-corrected chi connectivity index (χ0v) is 11.4. The molecule has 0 spiro atoms. The maximum absolute atomic E-state index is 5.80. The lowest BCUT2D eigenvalue weighted by Gasteiger charge is -2.19. The fourth-order valence-electron chi connectivity index (χ4n) is 2.15. The van der Waals surface area contributed by atoms with Gasteiger partial charge in [0, 0.05) is 12.2 Å². The summed E-state index contributed by atoms with van der Waals surface area (Å²) in [4.78, 5) is 0. The first-order chi connectivity index (χ1) is 8.57. The minimum absolute atomic E-state index is 0.178. The maximum atomic E-state index is 5.80. The Morgan fingerprint density at radius 1 is 1.39 bits per heavy atom. The van der Waals surface area contributed by atoms with Gasteiger partial charge in [0.25, 0.3) is 0 Å². The van der Waals surface area contributed by atoms with Crippen LogP contribution in [-0.4, -0.2) is 31.4 Å². The Bertz CT molecular complexity index is 346. The average molecular weight is 254 g/mol. The lowest BCUT2D eigenvalue weighted by atomic mass is 10.1. The van der Waals surface area contributed by atoms with Gasteiger partial charge in [-0.25, -0.2) is 0 Å². The Labute approximate surface area is 109 Å². The van der Waals surface area contributed by atoms with E-state index in [1.165, 1.54) is 0 Å². The van der Waals surface area contributed by atoms with E-state index < -0.39 is 5.79 Å². The third-order valence-electron chi connectivity index (χ3n) is 3.04. The standard InChI is InChI=1S/C14H22O4/c1-5-7-8-15-9-11-10(6-2)12-13(16-11)18-14(3,4)17-12/h6,12-13H,2,5,7-9H2,1,3-4H3/t12?,13-/m1/s1. The molecule has 18 heavy (non-hydrogen) atoms. The second-order valence-corrected chi connectivity index (χ2v) is 5.03. The van der Waals surface area contributed by atoms with E-state index in [4.69, 9.17) is 18.9 Å². The van der Waals surface area contributed by atoms with Gasteiger partial charge in [0.2, 0.25) is 6.29 Å². The molecule has 0 amide bonds. The Hall–Kier alpha value is -0.840. The predicted molar refractivity (Wildman–Crippen MR) is 67.9 cm³/mol. The summed E-state index contributed by atoms with van der Waals surface area (Å²) in [6.45, 7) is 10.9. The molecule has 1 saturated heterocycles. The maximum Gasteiger partial charge on any atom is 0.232 e. The Balaban J connectivity index is 1.96. The summed E-state index contributed by atoms with van der Waals surface area (Å²) in [6.07, 6.45) is 3.41. The van der Waals surface area contributed by atoms with Gasteiger partial charge in [-0.1, -0.05) is 26.0 Å². The van der Waals surface area contributed by atoms with Gasteiger partial charge in [0.05, 0.1) is 0 Å². The van der Waals surface area contributed by atoms with Crippen LogP contribution in [0.4, 0.5) is 0 Å². The number of rotatable bonds is 6. The van der Waals surface area contributed by atoms with Crippen molar-refractivity contribution in [3.8, 4) is 0 Å². The molecule has 0 bridgehead atoms. The van der Waals surface area contributed by atoms with E-state index >= 15 is 0 Å². The van der Waals surface area contributed by atoms with Crippen LogP contribution < -0.4 is 0 Å². The van der Waals surface area contributed by atoms with Crippen LogP contribution >= 0.6 is 0 Å². The molecule has 1 fully saturated rings. The largest absolute Gasteiger partial charge is 0.463 e. The quantitative estimate of drug-likeness (QED) is 0.683. The smallest absolute Gasteiger partial charge is 0.232 e. The van der Waals surface area contributed by atoms with Crippen molar-refractivity contribution in [2.45, 2.75) is 51.8 Å². The van der Waals surface area contributed by atoms with Gasteiger partial charge in [-0.15, -0.1) is 0 Å². The summed E-state index contributed by atoms with van der Waals surface area (Å²) in [5, 5.41) is 0. The SMILES string of the molecule is C=CC1=C(COCCCC)O[C@@H]2OC(C)(C)OC12. The molecule has 2 heterocycles. The van der Waals surface area contributed by atoms with E-state index in [-0.39, 0.29) is 12.4 Å². The molecular formula is C14H22O4. The van der Waals surface area contributed by atoms with E-state index in [0.29, 0.717) is 6.61 Å². The molecule has 4 nitrogen and oxygen atoms in total. The Morgan fingerprint density at radius 3 is 2.83 bits per heavy atom. The summed E-state index contributed by atoms with van der Waals surface area (Å²) < 4.78 is 22.8. The lowest BCUT2D eigenvalue weighted by molar-refractivity contribution is -0.183. The zero-order chi connectivity index (χ0) is 13.2. The monoisotopic (exact) mass is 254 g/mol. The third-order valence-corrected chi connectivity index (χ3v) is 3.04. The van der Waals surface area contributed by atoms with Gasteiger partial charge in [0.1, 0.15) is 12.4 Å². The number of fused-ring (bicyclic) bond motifs is 1. The predicted octanol–water partition coefficient (Wildman–Crippen LogP) is 2.75. The molecule has 2 aliphatic heterocycles. The highest BCUT2D eigenvalue weighted by Crippen LogP contribution is 2.40. The first kappa shape index (κ1) is 13.6. The third kappa shape index (κ3) is 2.76. The highest BCUT2D eigenvalue weighted by Gasteiger charge is 2.49. The van der Waals surface area contributed by atoms with E-state index in [0.717, 1.165) is 30.8 Å². The van der Waals surface area contributed by atoms with Gasteiger partial charge in [-0.2, -0.15) is 0 Å². The van der Waals surface area contributed by atoms with E-state index in [2.05, 4.69) is 13.5 Å². The van der Waals surface area contributed by atoms with Crippen molar-refractivity contribution in [1.29, 1.82) is 0 Å². The number of unbranched alkanes of at least 4 members (excludes halogenated alkanes) is 1. The molecule has 2 atom stereocenters. The van der Waals surface area contributed by atoms with Gasteiger partial charge in [-0.05, 0) is 20.3 Å². The summed E-state index contributed by atoms with van der Waals surface area (Å²) >= 11 is 0.